The van der Waals surface area contributed by atoms with Crippen molar-refractivity contribution in [1.29, 1.82) is 0 Å². The van der Waals surface area contributed by atoms with Gasteiger partial charge in [0, 0.05) is 47.8 Å². The fraction of sp³-hybridized carbons (Fsp3) is 0.457. The van der Waals surface area contributed by atoms with Crippen molar-refractivity contribution in [2.75, 3.05) is 44.4 Å². The molecular weight excluding hydrogens is 629 g/mol. The first-order chi connectivity index (χ1) is 23.5. The Labute approximate surface area is 284 Å². The van der Waals surface area contributed by atoms with E-state index in [0.717, 1.165) is 90.8 Å². The van der Waals surface area contributed by atoms with Crippen LogP contribution in [0.4, 0.5) is 10.6 Å². The van der Waals surface area contributed by atoms with Crippen LogP contribution in [0.25, 0.3) is 21.9 Å². The topological polar surface area (TPSA) is 162 Å². The Bertz CT molecular complexity index is 1730. The Hall–Kier alpha value is -4.36. The lowest BCUT2D eigenvalue weighted by Gasteiger charge is -2.16. The van der Waals surface area contributed by atoms with Crippen molar-refractivity contribution in [1.82, 2.24) is 36.2 Å². The van der Waals surface area contributed by atoms with E-state index in [-0.39, 0.29) is 30.0 Å². The Morgan fingerprint density at radius 1 is 0.979 bits per heavy atom. The zero-order valence-electron chi connectivity index (χ0n) is 27.3. The molecule has 0 spiro atoms. The minimum atomic E-state index is -0.386. The van der Waals surface area contributed by atoms with Crippen molar-refractivity contribution in [3.8, 4) is 0 Å². The van der Waals surface area contributed by atoms with Gasteiger partial charge in [0.05, 0.1) is 30.1 Å². The van der Waals surface area contributed by atoms with Crippen molar-refractivity contribution in [3.05, 3.63) is 65.5 Å². The number of fused-ring (bicyclic) bond motifs is 4. The van der Waals surface area contributed by atoms with Gasteiger partial charge < -0.3 is 36.3 Å². The number of unbranched alkanes of at least 4 members (excludes halogenated alkanes) is 1. The van der Waals surface area contributed by atoms with E-state index < -0.39 is 0 Å². The van der Waals surface area contributed by atoms with E-state index in [1.807, 2.05) is 36.0 Å². The molecule has 2 saturated heterocycles. The summed E-state index contributed by atoms with van der Waals surface area (Å²) in [7, 11) is 1.38. The SMILES string of the molecule is COC(=O)c1ccc2c(c1)[nH]c1nc(Cc3ccccc3)nc(NCCCNCCCNC(=O)CCCC[C@@H]3SC[C@@H]4NC(=O)N[C@@H]43)c12. The second-order valence-corrected chi connectivity index (χ2v) is 13.6. The lowest BCUT2D eigenvalue weighted by atomic mass is 10.0. The van der Waals surface area contributed by atoms with Gasteiger partial charge in [-0.2, -0.15) is 11.8 Å². The number of H-pyrrole nitrogens is 1. The summed E-state index contributed by atoms with van der Waals surface area (Å²) in [6.07, 6.45) is 5.79. The predicted octanol–water partition coefficient (Wildman–Crippen LogP) is 4.11. The van der Waals surface area contributed by atoms with Crippen molar-refractivity contribution < 1.29 is 19.1 Å². The summed E-state index contributed by atoms with van der Waals surface area (Å²) in [6, 6.07) is 16.0. The van der Waals surface area contributed by atoms with E-state index in [1.165, 1.54) is 7.11 Å². The number of benzene rings is 2. The number of hydrogen-bond acceptors (Lipinski definition) is 9. The number of methoxy groups -OCH3 is 1. The van der Waals surface area contributed by atoms with E-state index in [4.69, 9.17) is 14.7 Å². The van der Waals surface area contributed by atoms with Crippen molar-refractivity contribution in [2.24, 2.45) is 0 Å². The van der Waals surface area contributed by atoms with Crippen LogP contribution in [0.1, 0.15) is 60.3 Å². The Balaban J connectivity index is 0.917. The first kappa shape index (κ1) is 33.5. The fourth-order valence-electron chi connectivity index (χ4n) is 6.42. The number of nitrogens with zero attached hydrogens (tertiary/aromatic N) is 2. The first-order valence-electron chi connectivity index (χ1n) is 16.8. The van der Waals surface area contributed by atoms with Gasteiger partial charge in [-0.05, 0) is 56.5 Å². The van der Waals surface area contributed by atoms with Gasteiger partial charge in [-0.3, -0.25) is 4.79 Å². The maximum Gasteiger partial charge on any atom is 0.337 e. The molecule has 12 nitrogen and oxygen atoms in total. The molecule has 0 saturated carbocycles. The standard InChI is InChI=1S/C35H44N8O4S/c1-47-34(45)23-13-14-24-25(20-23)39-33-30(24)32(41-28(42-33)19-22-9-3-2-4-10-22)38-18-8-16-36-15-7-17-37-29(44)12-6-5-11-27-31-26(21-48-27)40-35(46)43-31/h2-4,9-10,13-14,20,26-27,31,36H,5-8,11-12,15-19,21H2,1H3,(H,37,44)(H2,40,43,46)(H2,38,39,41,42)/t26-,27-,31-/m0/s1. The Morgan fingerprint density at radius 3 is 2.65 bits per heavy atom. The highest BCUT2D eigenvalue weighted by Crippen LogP contribution is 2.33. The molecule has 3 amide bonds. The second kappa shape index (κ2) is 16.2. The molecule has 2 aromatic heterocycles. The zero-order chi connectivity index (χ0) is 33.3. The Morgan fingerprint density at radius 2 is 1.81 bits per heavy atom. The molecule has 3 atom stereocenters. The molecule has 254 valence electrons. The number of nitrogens with one attached hydrogen (secondary N) is 6. The summed E-state index contributed by atoms with van der Waals surface area (Å²) in [6.45, 7) is 3.04. The molecule has 0 bridgehead atoms. The van der Waals surface area contributed by atoms with Gasteiger partial charge in [-0.25, -0.2) is 19.6 Å². The summed E-state index contributed by atoms with van der Waals surface area (Å²) >= 11 is 1.92. The minimum Gasteiger partial charge on any atom is -0.465 e. The average Bonchev–Trinajstić information content (AvgIpc) is 3.77. The van der Waals surface area contributed by atoms with E-state index in [0.29, 0.717) is 36.0 Å². The minimum absolute atomic E-state index is 0.0536. The maximum absolute atomic E-state index is 12.3. The lowest BCUT2D eigenvalue weighted by molar-refractivity contribution is -0.121. The van der Waals surface area contributed by atoms with E-state index in [9.17, 15) is 14.4 Å². The number of carbonyl (C=O) groups is 3. The van der Waals surface area contributed by atoms with Gasteiger partial charge in [0.25, 0.3) is 0 Å². The van der Waals surface area contributed by atoms with Gasteiger partial charge in [0.15, 0.2) is 0 Å². The summed E-state index contributed by atoms with van der Waals surface area (Å²) in [5, 5.41) is 18.3. The van der Waals surface area contributed by atoms with Crippen LogP contribution in [0.15, 0.2) is 48.5 Å². The number of esters is 1. The molecule has 0 radical (unpaired) electrons. The highest BCUT2D eigenvalue weighted by molar-refractivity contribution is 8.00. The number of hydrogen-bond donors (Lipinski definition) is 6. The molecule has 0 unspecified atom stereocenters. The lowest BCUT2D eigenvalue weighted by Crippen LogP contribution is -2.36. The Kier molecular flexibility index (Phi) is 11.3. The smallest absolute Gasteiger partial charge is 0.337 e. The van der Waals surface area contributed by atoms with Gasteiger partial charge in [0.1, 0.15) is 17.3 Å². The number of thioether (sulfide) groups is 1. The molecule has 6 N–H and O–H groups in total. The van der Waals surface area contributed by atoms with Gasteiger partial charge in [-0.1, -0.05) is 42.8 Å². The summed E-state index contributed by atoms with van der Waals surface area (Å²) in [5.41, 5.74) is 3.12. The number of anilines is 1. The number of aromatic amines is 1. The van der Waals surface area contributed by atoms with Gasteiger partial charge >= 0.3 is 12.0 Å². The van der Waals surface area contributed by atoms with Crippen molar-refractivity contribution in [3.63, 3.8) is 0 Å². The molecule has 2 aliphatic heterocycles. The molecule has 13 heteroatoms. The summed E-state index contributed by atoms with van der Waals surface area (Å²) in [5.74, 6) is 2.15. The predicted molar refractivity (Wildman–Crippen MR) is 190 cm³/mol. The third-order valence-corrected chi connectivity index (χ3v) is 10.4. The highest BCUT2D eigenvalue weighted by atomic mass is 32.2. The molecule has 4 aromatic rings. The normalized spacial score (nSPS) is 18.4. The highest BCUT2D eigenvalue weighted by Gasteiger charge is 2.42. The average molecular weight is 673 g/mol. The molecule has 0 aliphatic carbocycles. The van der Waals surface area contributed by atoms with Crippen LogP contribution >= 0.6 is 11.8 Å². The van der Waals surface area contributed by atoms with E-state index >= 15 is 0 Å². The number of rotatable bonds is 17. The van der Waals surface area contributed by atoms with Crippen LogP contribution in [-0.2, 0) is 16.0 Å². The van der Waals surface area contributed by atoms with Crippen LogP contribution in [0.5, 0.6) is 0 Å². The number of urea groups is 1. The number of amides is 3. The molecule has 2 fully saturated rings. The maximum atomic E-state index is 12.3. The molecule has 4 heterocycles. The summed E-state index contributed by atoms with van der Waals surface area (Å²) in [4.78, 5) is 49.1. The van der Waals surface area contributed by atoms with Crippen LogP contribution < -0.4 is 26.6 Å². The van der Waals surface area contributed by atoms with Crippen molar-refractivity contribution in [2.45, 2.75) is 62.3 Å². The monoisotopic (exact) mass is 672 g/mol. The largest absolute Gasteiger partial charge is 0.465 e. The number of ether oxygens (including phenoxy) is 1. The van der Waals surface area contributed by atoms with E-state index in [1.54, 1.807) is 12.1 Å². The molecule has 6 rings (SSSR count). The second-order valence-electron chi connectivity index (χ2n) is 12.4. The molecular formula is C35H44N8O4S. The van der Waals surface area contributed by atoms with E-state index in [2.05, 4.69) is 43.7 Å². The molecule has 2 aromatic carbocycles. The molecule has 48 heavy (non-hydrogen) atoms. The summed E-state index contributed by atoms with van der Waals surface area (Å²) < 4.78 is 4.90. The van der Waals surface area contributed by atoms with Gasteiger partial charge in [0.2, 0.25) is 5.91 Å². The van der Waals surface area contributed by atoms with Gasteiger partial charge in [-0.15, -0.1) is 0 Å². The van der Waals surface area contributed by atoms with Crippen molar-refractivity contribution >= 4 is 57.4 Å². The fourth-order valence-corrected chi connectivity index (χ4v) is 7.97. The quantitative estimate of drug-likeness (QED) is 0.0551. The van der Waals surface area contributed by atoms with Crippen LogP contribution in [0, 0.1) is 0 Å². The van der Waals surface area contributed by atoms with Crippen LogP contribution in [0.3, 0.4) is 0 Å². The number of aromatic nitrogens is 3. The third-order valence-electron chi connectivity index (χ3n) is 8.88. The zero-order valence-corrected chi connectivity index (χ0v) is 28.1. The third kappa shape index (κ3) is 8.37. The van der Waals surface area contributed by atoms with Crippen LogP contribution in [0.2, 0.25) is 0 Å². The first-order valence-corrected chi connectivity index (χ1v) is 17.9. The number of carbonyl (C=O) groups excluding carboxylic acids is 3. The molecule has 2 aliphatic rings. The van der Waals surface area contributed by atoms with Crippen LogP contribution in [-0.4, -0.2) is 89.2 Å².